The molecule has 4 nitrogen and oxygen atoms in total. The molecule has 1 saturated heterocycles. The number of benzene rings is 1. The number of rotatable bonds is 3. The van der Waals surface area contributed by atoms with Crippen molar-refractivity contribution in [2.75, 3.05) is 32.7 Å². The van der Waals surface area contributed by atoms with Crippen LogP contribution in [-0.4, -0.2) is 47.8 Å². The maximum atomic E-state index is 10.4. The van der Waals surface area contributed by atoms with Gasteiger partial charge in [-0.3, -0.25) is 4.90 Å². The largest absolute Gasteiger partial charge is 0.507 e. The number of phenolic OH excluding ortho intramolecular Hbond substituents is 1. The highest BCUT2D eigenvalue weighted by atomic mass is 35.5. The average molecular weight is 285 g/mol. The van der Waals surface area contributed by atoms with Crippen LogP contribution >= 0.6 is 11.6 Å². The van der Waals surface area contributed by atoms with Crippen LogP contribution in [0.25, 0.3) is 0 Å². The van der Waals surface area contributed by atoms with Gasteiger partial charge in [0.05, 0.1) is 6.10 Å². The highest BCUT2D eigenvalue weighted by molar-refractivity contribution is 6.31. The number of β-amino-alcohol motifs (C(OH)–C–C–N with tert-alkyl or cyclic N) is 1. The number of aromatic hydroxyl groups is 1. The van der Waals surface area contributed by atoms with E-state index < -0.39 is 6.10 Å². The van der Waals surface area contributed by atoms with E-state index >= 15 is 0 Å². The molecule has 1 unspecified atom stereocenters. The number of nitrogens with one attached hydrogen (secondary N) is 1. The van der Waals surface area contributed by atoms with Crippen LogP contribution in [0.5, 0.6) is 5.75 Å². The molecule has 1 aromatic carbocycles. The highest BCUT2D eigenvalue weighted by Crippen LogP contribution is 2.35. The second kappa shape index (κ2) is 6.09. The van der Waals surface area contributed by atoms with Crippen molar-refractivity contribution in [3.8, 4) is 5.75 Å². The van der Waals surface area contributed by atoms with Crippen molar-refractivity contribution in [1.82, 2.24) is 10.2 Å². The van der Waals surface area contributed by atoms with Gasteiger partial charge in [0.1, 0.15) is 5.75 Å². The van der Waals surface area contributed by atoms with E-state index in [4.69, 9.17) is 11.6 Å². The summed E-state index contributed by atoms with van der Waals surface area (Å²) in [5.41, 5.74) is 2.01. The SMILES string of the molecule is Cc1cc(Cl)c(C)c(C(O)CN2CCNCC2)c1O. The van der Waals surface area contributed by atoms with Crippen molar-refractivity contribution in [3.63, 3.8) is 0 Å². The van der Waals surface area contributed by atoms with Gasteiger partial charge in [0.15, 0.2) is 0 Å². The normalized spacial score (nSPS) is 18.5. The van der Waals surface area contributed by atoms with Gasteiger partial charge in [0, 0.05) is 43.3 Å². The van der Waals surface area contributed by atoms with Crippen LogP contribution in [0.3, 0.4) is 0 Å². The predicted octanol–water partition coefficient (Wildman–Crippen LogP) is 1.60. The number of nitrogens with zero attached hydrogens (tertiary/aromatic N) is 1. The summed E-state index contributed by atoms with van der Waals surface area (Å²) in [5, 5.41) is 24.4. The summed E-state index contributed by atoms with van der Waals surface area (Å²) in [7, 11) is 0. The third-order valence-electron chi connectivity index (χ3n) is 3.71. The van der Waals surface area contributed by atoms with Crippen LogP contribution in [0, 0.1) is 13.8 Å². The van der Waals surface area contributed by atoms with Gasteiger partial charge in [-0.15, -0.1) is 0 Å². The molecule has 3 N–H and O–H groups in total. The summed E-state index contributed by atoms with van der Waals surface area (Å²) < 4.78 is 0. The Labute approximate surface area is 119 Å². The Kier molecular flexibility index (Phi) is 4.68. The predicted molar refractivity (Wildman–Crippen MR) is 76.9 cm³/mol. The minimum absolute atomic E-state index is 0.157. The summed E-state index contributed by atoms with van der Waals surface area (Å²) in [6.45, 7) is 7.85. The van der Waals surface area contributed by atoms with Crippen molar-refractivity contribution < 1.29 is 10.2 Å². The minimum Gasteiger partial charge on any atom is -0.507 e. The summed E-state index contributed by atoms with van der Waals surface area (Å²) in [5.74, 6) is 0.157. The first-order valence-corrected chi connectivity index (χ1v) is 6.98. The molecule has 0 aromatic heterocycles. The van der Waals surface area contributed by atoms with Gasteiger partial charge in [0.25, 0.3) is 0 Å². The van der Waals surface area contributed by atoms with Crippen molar-refractivity contribution in [2.24, 2.45) is 0 Å². The zero-order chi connectivity index (χ0) is 14.0. The number of hydrogen-bond donors (Lipinski definition) is 3. The van der Waals surface area contributed by atoms with Crippen LogP contribution in [-0.2, 0) is 0 Å². The number of halogens is 1. The highest BCUT2D eigenvalue weighted by Gasteiger charge is 2.22. The second-order valence-electron chi connectivity index (χ2n) is 5.13. The smallest absolute Gasteiger partial charge is 0.124 e. The van der Waals surface area contributed by atoms with Gasteiger partial charge in [-0.2, -0.15) is 0 Å². The molecule has 1 atom stereocenters. The lowest BCUT2D eigenvalue weighted by Gasteiger charge is -2.30. The number of aliphatic hydroxyl groups is 1. The van der Waals surface area contributed by atoms with Gasteiger partial charge in [-0.1, -0.05) is 11.6 Å². The lowest BCUT2D eigenvalue weighted by molar-refractivity contribution is 0.103. The monoisotopic (exact) mass is 284 g/mol. The molecule has 1 aliphatic rings. The Morgan fingerprint density at radius 1 is 1.37 bits per heavy atom. The second-order valence-corrected chi connectivity index (χ2v) is 5.54. The maximum Gasteiger partial charge on any atom is 0.124 e. The van der Waals surface area contributed by atoms with Crippen molar-refractivity contribution >= 4 is 11.6 Å². The minimum atomic E-state index is -0.713. The molecule has 106 valence electrons. The molecule has 1 aliphatic heterocycles. The number of piperazine rings is 1. The van der Waals surface area contributed by atoms with Crippen molar-refractivity contribution in [3.05, 3.63) is 27.8 Å². The Bertz CT molecular complexity index is 433. The first-order valence-electron chi connectivity index (χ1n) is 6.60. The third-order valence-corrected chi connectivity index (χ3v) is 4.10. The molecule has 5 heteroatoms. The molecule has 0 amide bonds. The molecule has 0 saturated carbocycles. The van der Waals surface area contributed by atoms with E-state index in [1.165, 1.54) is 0 Å². The van der Waals surface area contributed by atoms with Crippen LogP contribution in [0.15, 0.2) is 6.07 Å². The van der Waals surface area contributed by atoms with Crippen LogP contribution in [0.4, 0.5) is 0 Å². The standard InChI is InChI=1S/C14H21ClN2O2/c1-9-7-11(15)10(2)13(14(9)19)12(18)8-17-5-3-16-4-6-17/h7,12,16,18-19H,3-6,8H2,1-2H3. The van der Waals surface area contributed by atoms with Crippen LogP contribution in [0.1, 0.15) is 22.8 Å². The summed E-state index contributed by atoms with van der Waals surface area (Å²) in [4.78, 5) is 2.19. The molecular formula is C14H21ClN2O2. The number of hydrogen-bond acceptors (Lipinski definition) is 4. The summed E-state index contributed by atoms with van der Waals surface area (Å²) in [6, 6.07) is 1.73. The Hall–Kier alpha value is -0.810. The number of phenols is 1. The van der Waals surface area contributed by atoms with E-state index in [-0.39, 0.29) is 5.75 Å². The summed E-state index contributed by atoms with van der Waals surface area (Å²) >= 11 is 6.13. The zero-order valence-corrected chi connectivity index (χ0v) is 12.2. The van der Waals surface area contributed by atoms with Gasteiger partial charge >= 0.3 is 0 Å². The molecule has 0 spiro atoms. The van der Waals surface area contributed by atoms with Gasteiger partial charge in [0.2, 0.25) is 0 Å². The maximum absolute atomic E-state index is 10.4. The molecule has 19 heavy (non-hydrogen) atoms. The molecule has 0 bridgehead atoms. The molecule has 0 radical (unpaired) electrons. The van der Waals surface area contributed by atoms with Crippen molar-refractivity contribution in [2.45, 2.75) is 20.0 Å². The van der Waals surface area contributed by atoms with E-state index in [1.54, 1.807) is 13.0 Å². The molecule has 1 aromatic rings. The van der Waals surface area contributed by atoms with E-state index in [1.807, 2.05) is 6.92 Å². The first kappa shape index (κ1) is 14.6. The van der Waals surface area contributed by atoms with Crippen molar-refractivity contribution in [1.29, 1.82) is 0 Å². The van der Waals surface area contributed by atoms with Gasteiger partial charge in [-0.25, -0.2) is 0 Å². The quantitative estimate of drug-likeness (QED) is 0.789. The molecule has 2 rings (SSSR count). The molecular weight excluding hydrogens is 264 g/mol. The lowest BCUT2D eigenvalue weighted by Crippen LogP contribution is -2.45. The fraction of sp³-hybridized carbons (Fsp3) is 0.571. The average Bonchev–Trinajstić information content (AvgIpc) is 2.38. The van der Waals surface area contributed by atoms with Gasteiger partial charge < -0.3 is 15.5 Å². The zero-order valence-electron chi connectivity index (χ0n) is 11.4. The Morgan fingerprint density at radius 2 is 2.00 bits per heavy atom. The molecule has 0 aliphatic carbocycles. The first-order chi connectivity index (χ1) is 9.00. The summed E-state index contributed by atoms with van der Waals surface area (Å²) in [6.07, 6.45) is -0.713. The molecule has 1 heterocycles. The Balaban J connectivity index is 2.20. The number of aryl methyl sites for hydroxylation is 1. The van der Waals surface area contributed by atoms with Crippen LogP contribution in [0.2, 0.25) is 5.02 Å². The topological polar surface area (TPSA) is 55.7 Å². The number of aliphatic hydroxyl groups excluding tert-OH is 1. The van der Waals surface area contributed by atoms with E-state index in [2.05, 4.69) is 10.2 Å². The third kappa shape index (κ3) is 3.20. The lowest BCUT2D eigenvalue weighted by atomic mass is 9.98. The van der Waals surface area contributed by atoms with E-state index in [0.29, 0.717) is 22.7 Å². The molecule has 1 fully saturated rings. The van der Waals surface area contributed by atoms with E-state index in [9.17, 15) is 10.2 Å². The van der Waals surface area contributed by atoms with E-state index in [0.717, 1.165) is 31.7 Å². The van der Waals surface area contributed by atoms with Crippen LogP contribution < -0.4 is 5.32 Å². The Morgan fingerprint density at radius 3 is 2.63 bits per heavy atom. The fourth-order valence-corrected chi connectivity index (χ4v) is 2.79. The fourth-order valence-electron chi connectivity index (χ4n) is 2.52. The van der Waals surface area contributed by atoms with Gasteiger partial charge in [-0.05, 0) is 31.0 Å².